The summed E-state index contributed by atoms with van der Waals surface area (Å²) in [5.41, 5.74) is 5.72. The number of carbonyl (C=O) groups is 1. The van der Waals surface area contributed by atoms with Gasteiger partial charge in [-0.2, -0.15) is 0 Å². The molecule has 1 aromatic carbocycles. The Kier molecular flexibility index (Phi) is 5.30. The van der Waals surface area contributed by atoms with Gasteiger partial charge in [-0.15, -0.1) is 11.3 Å². The molecule has 2 aromatic rings. The summed E-state index contributed by atoms with van der Waals surface area (Å²) < 4.78 is 5.96. The van der Waals surface area contributed by atoms with Crippen LogP contribution in [0, 0.1) is 19.3 Å². The molecule has 0 N–H and O–H groups in total. The number of nitrogens with zero attached hydrogens (tertiary/aromatic N) is 3. The molecule has 2 aliphatic heterocycles. The Morgan fingerprint density at radius 1 is 1.26 bits per heavy atom. The molecule has 2 aliphatic rings. The van der Waals surface area contributed by atoms with Crippen molar-refractivity contribution in [1.29, 1.82) is 0 Å². The zero-order valence-corrected chi connectivity index (χ0v) is 16.9. The van der Waals surface area contributed by atoms with Crippen molar-refractivity contribution in [2.75, 3.05) is 32.8 Å². The van der Waals surface area contributed by atoms with Gasteiger partial charge in [0.15, 0.2) is 0 Å². The predicted octanol–water partition coefficient (Wildman–Crippen LogP) is 3.01. The molecule has 2 saturated heterocycles. The molecular weight excluding hydrogens is 358 g/mol. The lowest BCUT2D eigenvalue weighted by Gasteiger charge is -2.31. The van der Waals surface area contributed by atoms with Gasteiger partial charge in [0.05, 0.1) is 25.3 Å². The van der Waals surface area contributed by atoms with Crippen LogP contribution in [-0.2, 0) is 22.6 Å². The van der Waals surface area contributed by atoms with E-state index in [-0.39, 0.29) is 11.3 Å². The van der Waals surface area contributed by atoms with E-state index in [9.17, 15) is 4.79 Å². The van der Waals surface area contributed by atoms with Crippen molar-refractivity contribution in [3.05, 3.63) is 51.5 Å². The molecule has 0 unspecified atom stereocenters. The SMILES string of the molecule is Cc1ccc(C)c(CN2CCOC[C@@]3(CC(=O)N(Cc4cncs4)C3)C2)c1. The van der Waals surface area contributed by atoms with Gasteiger partial charge in [-0.3, -0.25) is 14.7 Å². The highest BCUT2D eigenvalue weighted by molar-refractivity contribution is 7.09. The Labute approximate surface area is 165 Å². The van der Waals surface area contributed by atoms with Gasteiger partial charge >= 0.3 is 0 Å². The number of likely N-dealkylation sites (tertiary alicyclic amines) is 1. The third-order valence-electron chi connectivity index (χ3n) is 5.65. The first-order chi connectivity index (χ1) is 13.0. The molecule has 0 saturated carbocycles. The molecule has 0 aliphatic carbocycles. The first kappa shape index (κ1) is 18.6. The minimum absolute atomic E-state index is 0.101. The number of hydrogen-bond donors (Lipinski definition) is 0. The van der Waals surface area contributed by atoms with Gasteiger partial charge in [0.25, 0.3) is 0 Å². The molecule has 0 radical (unpaired) electrons. The third kappa shape index (κ3) is 4.23. The van der Waals surface area contributed by atoms with Gasteiger partial charge < -0.3 is 9.64 Å². The number of benzene rings is 1. The lowest BCUT2D eigenvalue weighted by molar-refractivity contribution is -0.128. The molecule has 144 valence electrons. The molecule has 1 amide bonds. The van der Waals surface area contributed by atoms with Gasteiger partial charge in [0.1, 0.15) is 0 Å². The number of ether oxygens (including phenoxy) is 1. The van der Waals surface area contributed by atoms with E-state index in [0.717, 1.165) is 37.7 Å². The van der Waals surface area contributed by atoms with E-state index in [0.29, 0.717) is 19.6 Å². The van der Waals surface area contributed by atoms with Gasteiger partial charge in [-0.05, 0) is 25.0 Å². The molecule has 6 heteroatoms. The first-order valence-electron chi connectivity index (χ1n) is 9.54. The van der Waals surface area contributed by atoms with E-state index in [4.69, 9.17) is 4.74 Å². The fourth-order valence-electron chi connectivity index (χ4n) is 4.26. The molecule has 4 rings (SSSR count). The summed E-state index contributed by atoms with van der Waals surface area (Å²) in [6.07, 6.45) is 2.44. The first-order valence-corrected chi connectivity index (χ1v) is 10.4. The largest absolute Gasteiger partial charge is 0.379 e. The highest BCUT2D eigenvalue weighted by atomic mass is 32.1. The highest BCUT2D eigenvalue weighted by Gasteiger charge is 2.45. The summed E-state index contributed by atoms with van der Waals surface area (Å²) in [6, 6.07) is 6.65. The topological polar surface area (TPSA) is 45.7 Å². The number of thiazole rings is 1. The summed E-state index contributed by atoms with van der Waals surface area (Å²) in [4.78, 5) is 22.4. The number of aryl methyl sites for hydroxylation is 2. The molecule has 3 heterocycles. The summed E-state index contributed by atoms with van der Waals surface area (Å²) >= 11 is 1.61. The summed E-state index contributed by atoms with van der Waals surface area (Å²) in [5.74, 6) is 0.237. The monoisotopic (exact) mass is 385 g/mol. The van der Waals surface area contributed by atoms with Crippen molar-refractivity contribution in [2.24, 2.45) is 5.41 Å². The maximum Gasteiger partial charge on any atom is 0.223 e. The van der Waals surface area contributed by atoms with Crippen molar-refractivity contribution >= 4 is 17.2 Å². The van der Waals surface area contributed by atoms with Crippen molar-refractivity contribution in [1.82, 2.24) is 14.8 Å². The average Bonchev–Trinajstić information content (AvgIpc) is 3.18. The maximum absolute atomic E-state index is 12.7. The Morgan fingerprint density at radius 3 is 2.96 bits per heavy atom. The molecular formula is C21H27N3O2S. The van der Waals surface area contributed by atoms with Crippen molar-refractivity contribution < 1.29 is 9.53 Å². The minimum Gasteiger partial charge on any atom is -0.379 e. The quantitative estimate of drug-likeness (QED) is 0.812. The number of aromatic nitrogens is 1. The Morgan fingerprint density at radius 2 is 2.15 bits per heavy atom. The Bertz CT molecular complexity index is 808. The summed E-state index contributed by atoms with van der Waals surface area (Å²) in [7, 11) is 0. The zero-order chi connectivity index (χ0) is 18.9. The second kappa shape index (κ2) is 7.70. The predicted molar refractivity (Wildman–Crippen MR) is 107 cm³/mol. The van der Waals surface area contributed by atoms with Crippen molar-refractivity contribution in [3.8, 4) is 0 Å². The second-order valence-corrected chi connectivity index (χ2v) is 9.06. The van der Waals surface area contributed by atoms with E-state index in [2.05, 4.69) is 41.9 Å². The van der Waals surface area contributed by atoms with Crippen molar-refractivity contribution in [2.45, 2.75) is 33.4 Å². The molecule has 1 spiro atoms. The number of carbonyl (C=O) groups excluding carboxylic acids is 1. The Hall–Kier alpha value is -1.76. The maximum atomic E-state index is 12.7. The average molecular weight is 386 g/mol. The van der Waals surface area contributed by atoms with E-state index in [1.54, 1.807) is 11.3 Å². The summed E-state index contributed by atoms with van der Waals surface area (Å²) in [6.45, 7) is 9.90. The Balaban J connectivity index is 1.48. The van der Waals surface area contributed by atoms with Crippen LogP contribution < -0.4 is 0 Å². The van der Waals surface area contributed by atoms with E-state index in [1.165, 1.54) is 16.7 Å². The van der Waals surface area contributed by atoms with Crippen LogP contribution in [0.15, 0.2) is 29.9 Å². The van der Waals surface area contributed by atoms with Crippen LogP contribution in [0.5, 0.6) is 0 Å². The fourth-order valence-corrected chi connectivity index (χ4v) is 4.87. The minimum atomic E-state index is -0.101. The standard InChI is InChI=1S/C21H27N3O2S/c1-16-3-4-17(2)18(7-16)10-23-5-6-26-14-21(12-23)8-20(25)24(13-21)11-19-9-22-15-27-19/h3-4,7,9,15H,5-6,8,10-14H2,1-2H3/t21-/m0/s1. The van der Waals surface area contributed by atoms with Gasteiger partial charge in [-0.25, -0.2) is 0 Å². The van der Waals surface area contributed by atoms with Crippen molar-refractivity contribution in [3.63, 3.8) is 0 Å². The molecule has 0 bridgehead atoms. The van der Waals surface area contributed by atoms with Gasteiger partial charge in [0.2, 0.25) is 5.91 Å². The molecule has 27 heavy (non-hydrogen) atoms. The van der Waals surface area contributed by atoms with Crippen LogP contribution in [0.2, 0.25) is 0 Å². The second-order valence-electron chi connectivity index (χ2n) is 8.09. The van der Waals surface area contributed by atoms with Crippen LogP contribution in [0.1, 0.15) is 28.0 Å². The van der Waals surface area contributed by atoms with E-state index >= 15 is 0 Å². The van der Waals surface area contributed by atoms with E-state index < -0.39 is 0 Å². The smallest absolute Gasteiger partial charge is 0.223 e. The normalized spacial score (nSPS) is 23.9. The number of amides is 1. The number of hydrogen-bond acceptors (Lipinski definition) is 5. The molecule has 1 atom stereocenters. The zero-order valence-electron chi connectivity index (χ0n) is 16.1. The van der Waals surface area contributed by atoms with Gasteiger partial charge in [-0.1, -0.05) is 23.8 Å². The lowest BCUT2D eigenvalue weighted by atomic mass is 9.87. The van der Waals surface area contributed by atoms with Crippen LogP contribution >= 0.6 is 11.3 Å². The van der Waals surface area contributed by atoms with Crippen LogP contribution in [-0.4, -0.2) is 53.5 Å². The third-order valence-corrected chi connectivity index (χ3v) is 6.42. The van der Waals surface area contributed by atoms with Crippen LogP contribution in [0.25, 0.3) is 0 Å². The fraction of sp³-hybridized carbons (Fsp3) is 0.524. The number of rotatable bonds is 4. The van der Waals surface area contributed by atoms with Crippen LogP contribution in [0.4, 0.5) is 0 Å². The molecule has 1 aromatic heterocycles. The lowest BCUT2D eigenvalue weighted by Crippen LogP contribution is -2.40. The van der Waals surface area contributed by atoms with Crippen LogP contribution in [0.3, 0.4) is 0 Å². The molecule has 5 nitrogen and oxygen atoms in total. The summed E-state index contributed by atoms with van der Waals surface area (Å²) in [5, 5.41) is 0. The highest BCUT2D eigenvalue weighted by Crippen LogP contribution is 2.36. The van der Waals surface area contributed by atoms with E-state index in [1.807, 2.05) is 16.6 Å². The molecule has 2 fully saturated rings. The van der Waals surface area contributed by atoms with Gasteiger partial charge in [0, 0.05) is 49.1 Å².